The van der Waals surface area contributed by atoms with Crippen LogP contribution in [0.1, 0.15) is 32.7 Å². The van der Waals surface area contributed by atoms with Crippen molar-refractivity contribution in [3.8, 4) is 0 Å². The zero-order valence-corrected chi connectivity index (χ0v) is 15.1. The third-order valence-electron chi connectivity index (χ3n) is 5.30. The highest BCUT2D eigenvalue weighted by Crippen LogP contribution is 2.25. The number of imidazole rings is 1. The molecule has 0 aliphatic carbocycles. The van der Waals surface area contributed by atoms with E-state index in [0.717, 1.165) is 63.8 Å². The molecule has 0 bridgehead atoms. The van der Waals surface area contributed by atoms with Crippen molar-refractivity contribution >= 4 is 22.9 Å². The molecule has 0 spiro atoms. The van der Waals surface area contributed by atoms with E-state index in [0.29, 0.717) is 23.4 Å². The van der Waals surface area contributed by atoms with E-state index in [2.05, 4.69) is 38.2 Å². The summed E-state index contributed by atoms with van der Waals surface area (Å²) < 4.78 is 7.52. The molecule has 8 heteroatoms. The number of nitrogens with two attached hydrogens (primary N) is 1. The van der Waals surface area contributed by atoms with E-state index in [4.69, 9.17) is 15.5 Å². The summed E-state index contributed by atoms with van der Waals surface area (Å²) in [5, 5.41) is 0. The first-order valence-electron chi connectivity index (χ1n) is 9.20. The number of anilines is 2. The number of morpholine rings is 1. The summed E-state index contributed by atoms with van der Waals surface area (Å²) in [5.41, 5.74) is 7.67. The Morgan fingerprint density at radius 3 is 2.52 bits per heavy atom. The summed E-state index contributed by atoms with van der Waals surface area (Å²) in [6.07, 6.45) is 4.06. The van der Waals surface area contributed by atoms with Gasteiger partial charge in [-0.15, -0.1) is 0 Å². The van der Waals surface area contributed by atoms with Crippen molar-refractivity contribution in [3.05, 3.63) is 6.33 Å². The Kier molecular flexibility index (Phi) is 4.47. The van der Waals surface area contributed by atoms with Gasteiger partial charge in [-0.05, 0) is 26.7 Å². The van der Waals surface area contributed by atoms with Gasteiger partial charge in [-0.25, -0.2) is 4.98 Å². The second-order valence-corrected chi connectivity index (χ2v) is 7.19. The number of nitrogens with zero attached hydrogens (tertiary/aromatic N) is 6. The van der Waals surface area contributed by atoms with E-state index in [1.807, 2.05) is 0 Å². The molecule has 2 fully saturated rings. The van der Waals surface area contributed by atoms with Crippen molar-refractivity contribution in [2.24, 2.45) is 0 Å². The zero-order valence-electron chi connectivity index (χ0n) is 15.1. The van der Waals surface area contributed by atoms with Gasteiger partial charge in [0.25, 0.3) is 0 Å². The van der Waals surface area contributed by atoms with Crippen LogP contribution in [-0.2, 0) is 4.74 Å². The lowest BCUT2D eigenvalue weighted by atomic mass is 10.0. The minimum atomic E-state index is 0.291. The molecule has 2 N–H and O–H groups in total. The Hall–Kier alpha value is -1.93. The lowest BCUT2D eigenvalue weighted by Crippen LogP contribution is -2.49. The molecule has 2 aromatic heterocycles. The fourth-order valence-electron chi connectivity index (χ4n) is 3.82. The van der Waals surface area contributed by atoms with Crippen LogP contribution in [-0.4, -0.2) is 69.9 Å². The molecule has 4 heterocycles. The van der Waals surface area contributed by atoms with Gasteiger partial charge in [-0.1, -0.05) is 0 Å². The van der Waals surface area contributed by atoms with E-state index in [1.165, 1.54) is 0 Å². The van der Waals surface area contributed by atoms with E-state index >= 15 is 0 Å². The predicted octanol–water partition coefficient (Wildman–Crippen LogP) is 1.29. The molecular weight excluding hydrogens is 318 g/mol. The molecule has 0 radical (unpaired) electrons. The second-order valence-electron chi connectivity index (χ2n) is 7.19. The normalized spacial score (nSPS) is 20.7. The maximum atomic E-state index is 6.15. The van der Waals surface area contributed by atoms with Crippen LogP contribution in [0.4, 0.5) is 11.8 Å². The fraction of sp³-hybridized carbons (Fsp3) is 0.706. The Balaban J connectivity index is 1.51. The molecule has 2 aliphatic heterocycles. The number of aromatic nitrogens is 4. The highest BCUT2D eigenvalue weighted by atomic mass is 16.5. The SMILES string of the molecule is CC(C)n1cnc2c(N)nc(N3CCC(N4CCOCC4)CC3)nc21. The van der Waals surface area contributed by atoms with Crippen molar-refractivity contribution in [2.45, 2.75) is 38.8 Å². The monoisotopic (exact) mass is 345 g/mol. The quantitative estimate of drug-likeness (QED) is 0.897. The summed E-state index contributed by atoms with van der Waals surface area (Å²) in [6, 6.07) is 0.932. The first kappa shape index (κ1) is 16.5. The third kappa shape index (κ3) is 3.16. The average molecular weight is 345 g/mol. The van der Waals surface area contributed by atoms with Gasteiger partial charge in [0.2, 0.25) is 5.95 Å². The molecule has 8 nitrogen and oxygen atoms in total. The summed E-state index contributed by atoms with van der Waals surface area (Å²) in [5.74, 6) is 1.20. The first-order valence-corrected chi connectivity index (χ1v) is 9.20. The van der Waals surface area contributed by atoms with Crippen LogP contribution in [0.25, 0.3) is 11.2 Å². The van der Waals surface area contributed by atoms with E-state index in [1.54, 1.807) is 6.33 Å². The molecule has 25 heavy (non-hydrogen) atoms. The fourth-order valence-corrected chi connectivity index (χ4v) is 3.82. The van der Waals surface area contributed by atoms with Crippen LogP contribution in [0.2, 0.25) is 0 Å². The van der Waals surface area contributed by atoms with Gasteiger partial charge < -0.3 is 19.9 Å². The smallest absolute Gasteiger partial charge is 0.229 e. The Labute approximate surface area is 148 Å². The van der Waals surface area contributed by atoms with Gasteiger partial charge in [0.05, 0.1) is 19.5 Å². The van der Waals surface area contributed by atoms with E-state index in [9.17, 15) is 0 Å². The van der Waals surface area contributed by atoms with Gasteiger partial charge in [0, 0.05) is 38.3 Å². The van der Waals surface area contributed by atoms with Crippen LogP contribution in [0, 0.1) is 0 Å². The van der Waals surface area contributed by atoms with Crippen molar-refractivity contribution in [3.63, 3.8) is 0 Å². The molecule has 2 saturated heterocycles. The van der Waals surface area contributed by atoms with Crippen molar-refractivity contribution < 1.29 is 4.74 Å². The molecule has 0 amide bonds. The summed E-state index contributed by atoms with van der Waals surface area (Å²) in [4.78, 5) is 18.5. The number of rotatable bonds is 3. The lowest BCUT2D eigenvalue weighted by molar-refractivity contribution is 0.0114. The minimum absolute atomic E-state index is 0.291. The number of piperidine rings is 1. The van der Waals surface area contributed by atoms with Gasteiger partial charge in [0.1, 0.15) is 5.52 Å². The molecule has 136 valence electrons. The Morgan fingerprint density at radius 2 is 1.84 bits per heavy atom. The number of fused-ring (bicyclic) bond motifs is 1. The molecule has 2 aliphatic rings. The third-order valence-corrected chi connectivity index (χ3v) is 5.30. The highest BCUT2D eigenvalue weighted by molar-refractivity contribution is 5.83. The van der Waals surface area contributed by atoms with Crippen molar-refractivity contribution in [2.75, 3.05) is 50.0 Å². The Morgan fingerprint density at radius 1 is 1.12 bits per heavy atom. The topological polar surface area (TPSA) is 85.3 Å². The average Bonchev–Trinajstić information content (AvgIpc) is 3.07. The van der Waals surface area contributed by atoms with Gasteiger partial charge in [0.15, 0.2) is 11.5 Å². The Bertz CT molecular complexity index is 730. The number of hydrogen-bond donors (Lipinski definition) is 1. The van der Waals surface area contributed by atoms with Gasteiger partial charge >= 0.3 is 0 Å². The highest BCUT2D eigenvalue weighted by Gasteiger charge is 2.27. The second kappa shape index (κ2) is 6.76. The maximum absolute atomic E-state index is 6.15. The summed E-state index contributed by atoms with van der Waals surface area (Å²) >= 11 is 0. The number of nitrogen functional groups attached to an aromatic ring is 1. The first-order chi connectivity index (χ1) is 12.1. The maximum Gasteiger partial charge on any atom is 0.229 e. The lowest BCUT2D eigenvalue weighted by Gasteiger charge is -2.40. The van der Waals surface area contributed by atoms with Crippen LogP contribution in [0.15, 0.2) is 6.33 Å². The number of ether oxygens (including phenoxy) is 1. The van der Waals surface area contributed by atoms with E-state index < -0.39 is 0 Å². The van der Waals surface area contributed by atoms with Crippen molar-refractivity contribution in [1.82, 2.24) is 24.4 Å². The molecular formula is C17H27N7O. The number of hydrogen-bond acceptors (Lipinski definition) is 7. The zero-order chi connectivity index (χ0) is 17.4. The molecule has 0 saturated carbocycles. The summed E-state index contributed by atoms with van der Waals surface area (Å²) in [7, 11) is 0. The van der Waals surface area contributed by atoms with Gasteiger partial charge in [-0.3, -0.25) is 4.90 Å². The standard InChI is InChI=1S/C17H27N7O/c1-12(2)24-11-19-14-15(18)20-17(21-16(14)24)23-5-3-13(4-6-23)22-7-9-25-10-8-22/h11-13H,3-10H2,1-2H3,(H2,18,20,21). The minimum Gasteiger partial charge on any atom is -0.382 e. The molecule has 0 atom stereocenters. The predicted molar refractivity (Wildman–Crippen MR) is 97.7 cm³/mol. The van der Waals surface area contributed by atoms with Gasteiger partial charge in [-0.2, -0.15) is 9.97 Å². The van der Waals surface area contributed by atoms with Crippen LogP contribution in [0.3, 0.4) is 0 Å². The largest absolute Gasteiger partial charge is 0.382 e. The van der Waals surface area contributed by atoms with Crippen LogP contribution in [0.5, 0.6) is 0 Å². The van der Waals surface area contributed by atoms with Crippen LogP contribution < -0.4 is 10.6 Å². The molecule has 0 unspecified atom stereocenters. The summed E-state index contributed by atoms with van der Waals surface area (Å²) in [6.45, 7) is 9.97. The molecule has 4 rings (SSSR count). The van der Waals surface area contributed by atoms with Crippen LogP contribution >= 0.6 is 0 Å². The molecule has 0 aromatic carbocycles. The van der Waals surface area contributed by atoms with Crippen molar-refractivity contribution in [1.29, 1.82) is 0 Å². The molecule has 2 aromatic rings. The van der Waals surface area contributed by atoms with E-state index in [-0.39, 0.29) is 0 Å².